The standard InChI is InChI=1S/C18H32O/c1-2-6-15-9-11-17(12-10-15)18(13-14-19-18)16-7-4-3-5-8-16/h15-17H,2-14H2,1H3. The van der Waals surface area contributed by atoms with E-state index in [1.54, 1.807) is 0 Å². The number of ether oxygens (including phenoxy) is 1. The third kappa shape index (κ3) is 2.73. The van der Waals surface area contributed by atoms with Crippen LogP contribution in [0.25, 0.3) is 0 Å². The van der Waals surface area contributed by atoms with E-state index in [0.29, 0.717) is 5.60 Å². The van der Waals surface area contributed by atoms with Crippen LogP contribution in [-0.2, 0) is 4.74 Å². The van der Waals surface area contributed by atoms with E-state index in [1.165, 1.54) is 77.0 Å². The quantitative estimate of drug-likeness (QED) is 0.666. The van der Waals surface area contributed by atoms with Gasteiger partial charge in [0, 0.05) is 6.42 Å². The summed E-state index contributed by atoms with van der Waals surface area (Å²) in [6.07, 6.45) is 17.4. The molecule has 3 aliphatic rings. The molecule has 2 saturated carbocycles. The van der Waals surface area contributed by atoms with Crippen molar-refractivity contribution in [1.82, 2.24) is 0 Å². The van der Waals surface area contributed by atoms with Crippen molar-refractivity contribution in [2.24, 2.45) is 17.8 Å². The Kier molecular flexibility index (Phi) is 4.51. The first-order chi connectivity index (χ1) is 9.35. The number of rotatable bonds is 4. The Bertz CT molecular complexity index is 267. The van der Waals surface area contributed by atoms with Gasteiger partial charge in [-0.1, -0.05) is 51.9 Å². The van der Waals surface area contributed by atoms with Gasteiger partial charge >= 0.3 is 0 Å². The fourth-order valence-corrected chi connectivity index (χ4v) is 5.25. The van der Waals surface area contributed by atoms with Gasteiger partial charge in [-0.05, 0) is 43.4 Å². The summed E-state index contributed by atoms with van der Waals surface area (Å²) in [4.78, 5) is 0. The second-order valence-electron chi connectivity index (χ2n) is 7.39. The molecule has 3 fully saturated rings. The zero-order chi connectivity index (χ0) is 13.1. The molecule has 1 saturated heterocycles. The molecule has 1 heteroatoms. The second-order valence-corrected chi connectivity index (χ2v) is 7.39. The topological polar surface area (TPSA) is 9.23 Å². The summed E-state index contributed by atoms with van der Waals surface area (Å²) in [6, 6.07) is 0. The zero-order valence-electron chi connectivity index (χ0n) is 12.8. The van der Waals surface area contributed by atoms with Crippen LogP contribution in [0.3, 0.4) is 0 Å². The summed E-state index contributed by atoms with van der Waals surface area (Å²) in [5.74, 6) is 2.84. The van der Waals surface area contributed by atoms with E-state index in [9.17, 15) is 0 Å². The molecule has 0 spiro atoms. The third-order valence-corrected chi connectivity index (χ3v) is 6.39. The van der Waals surface area contributed by atoms with E-state index < -0.39 is 0 Å². The lowest BCUT2D eigenvalue weighted by atomic mass is 9.62. The van der Waals surface area contributed by atoms with Gasteiger partial charge in [0.2, 0.25) is 0 Å². The highest BCUT2D eigenvalue weighted by Crippen LogP contribution is 2.51. The molecule has 0 bridgehead atoms. The van der Waals surface area contributed by atoms with Crippen LogP contribution in [0.2, 0.25) is 0 Å². The van der Waals surface area contributed by atoms with Gasteiger partial charge in [-0.15, -0.1) is 0 Å². The third-order valence-electron chi connectivity index (χ3n) is 6.39. The van der Waals surface area contributed by atoms with Crippen molar-refractivity contribution in [3.05, 3.63) is 0 Å². The first-order valence-corrected chi connectivity index (χ1v) is 8.99. The monoisotopic (exact) mass is 264 g/mol. The van der Waals surface area contributed by atoms with E-state index in [4.69, 9.17) is 4.74 Å². The van der Waals surface area contributed by atoms with Gasteiger partial charge < -0.3 is 4.74 Å². The van der Waals surface area contributed by atoms with Gasteiger partial charge in [0.1, 0.15) is 0 Å². The molecule has 2 aliphatic carbocycles. The summed E-state index contributed by atoms with van der Waals surface area (Å²) in [5, 5.41) is 0. The molecule has 1 unspecified atom stereocenters. The summed E-state index contributed by atoms with van der Waals surface area (Å²) in [5.41, 5.74) is 0.345. The molecule has 1 atom stereocenters. The molecule has 0 radical (unpaired) electrons. The van der Waals surface area contributed by atoms with Crippen LogP contribution in [0.1, 0.15) is 84.0 Å². The Labute approximate surface area is 119 Å². The number of hydrogen-bond acceptors (Lipinski definition) is 1. The molecule has 19 heavy (non-hydrogen) atoms. The van der Waals surface area contributed by atoms with Crippen molar-refractivity contribution in [3.8, 4) is 0 Å². The Morgan fingerprint density at radius 1 is 0.895 bits per heavy atom. The Morgan fingerprint density at radius 2 is 1.53 bits per heavy atom. The van der Waals surface area contributed by atoms with Crippen LogP contribution in [0.15, 0.2) is 0 Å². The average molecular weight is 264 g/mol. The molecule has 1 heterocycles. The van der Waals surface area contributed by atoms with Crippen molar-refractivity contribution >= 4 is 0 Å². The van der Waals surface area contributed by atoms with Crippen LogP contribution < -0.4 is 0 Å². The first kappa shape index (κ1) is 13.9. The summed E-state index contributed by atoms with van der Waals surface area (Å²) in [6.45, 7) is 3.38. The van der Waals surface area contributed by atoms with Crippen molar-refractivity contribution in [1.29, 1.82) is 0 Å². The molecular weight excluding hydrogens is 232 g/mol. The minimum Gasteiger partial charge on any atom is -0.374 e. The van der Waals surface area contributed by atoms with E-state index in [1.807, 2.05) is 0 Å². The summed E-state index contributed by atoms with van der Waals surface area (Å²) >= 11 is 0. The lowest BCUT2D eigenvalue weighted by molar-refractivity contribution is -0.225. The first-order valence-electron chi connectivity index (χ1n) is 8.99. The zero-order valence-corrected chi connectivity index (χ0v) is 12.8. The fourth-order valence-electron chi connectivity index (χ4n) is 5.25. The second kappa shape index (κ2) is 6.16. The molecule has 0 aromatic carbocycles. The van der Waals surface area contributed by atoms with Crippen LogP contribution in [-0.4, -0.2) is 12.2 Å². The van der Waals surface area contributed by atoms with Crippen LogP contribution in [0, 0.1) is 17.8 Å². The molecule has 110 valence electrons. The number of hydrogen-bond donors (Lipinski definition) is 0. The van der Waals surface area contributed by atoms with Gasteiger partial charge in [-0.3, -0.25) is 0 Å². The lowest BCUT2D eigenvalue weighted by Gasteiger charge is -2.55. The van der Waals surface area contributed by atoms with E-state index in [2.05, 4.69) is 6.92 Å². The maximum atomic E-state index is 6.29. The summed E-state index contributed by atoms with van der Waals surface area (Å²) in [7, 11) is 0. The molecular formula is C18H32O. The molecule has 0 N–H and O–H groups in total. The van der Waals surface area contributed by atoms with E-state index >= 15 is 0 Å². The SMILES string of the molecule is CCCC1CCC(C2(C3CCCCC3)CCO2)CC1. The largest absolute Gasteiger partial charge is 0.374 e. The van der Waals surface area contributed by atoms with Crippen LogP contribution >= 0.6 is 0 Å². The molecule has 0 amide bonds. The normalized spacial score (nSPS) is 40.9. The van der Waals surface area contributed by atoms with Crippen molar-refractivity contribution in [2.45, 2.75) is 89.6 Å². The predicted octanol–water partition coefficient (Wildman–Crippen LogP) is 5.33. The maximum Gasteiger partial charge on any atom is 0.0760 e. The van der Waals surface area contributed by atoms with Crippen molar-refractivity contribution in [2.75, 3.05) is 6.61 Å². The molecule has 0 aromatic rings. The lowest BCUT2D eigenvalue weighted by Crippen LogP contribution is -2.56. The van der Waals surface area contributed by atoms with Gasteiger partial charge in [-0.2, -0.15) is 0 Å². The van der Waals surface area contributed by atoms with Gasteiger partial charge in [0.05, 0.1) is 12.2 Å². The fraction of sp³-hybridized carbons (Fsp3) is 1.00. The van der Waals surface area contributed by atoms with Crippen molar-refractivity contribution in [3.63, 3.8) is 0 Å². The Hall–Kier alpha value is -0.0400. The highest BCUT2D eigenvalue weighted by atomic mass is 16.5. The molecule has 3 rings (SSSR count). The highest BCUT2D eigenvalue weighted by molar-refractivity contribution is 5.01. The van der Waals surface area contributed by atoms with E-state index in [-0.39, 0.29) is 0 Å². The highest BCUT2D eigenvalue weighted by Gasteiger charge is 2.51. The van der Waals surface area contributed by atoms with Gasteiger partial charge in [0.15, 0.2) is 0 Å². The summed E-state index contributed by atoms with van der Waals surface area (Å²) < 4.78 is 6.29. The van der Waals surface area contributed by atoms with Gasteiger partial charge in [-0.25, -0.2) is 0 Å². The van der Waals surface area contributed by atoms with Crippen LogP contribution in [0.5, 0.6) is 0 Å². The molecule has 0 aromatic heterocycles. The van der Waals surface area contributed by atoms with Gasteiger partial charge in [0.25, 0.3) is 0 Å². The van der Waals surface area contributed by atoms with E-state index in [0.717, 1.165) is 24.4 Å². The van der Waals surface area contributed by atoms with Crippen molar-refractivity contribution < 1.29 is 4.74 Å². The average Bonchev–Trinajstić information content (AvgIpc) is 2.41. The minimum atomic E-state index is 0.345. The van der Waals surface area contributed by atoms with Crippen LogP contribution in [0.4, 0.5) is 0 Å². The minimum absolute atomic E-state index is 0.345. The Morgan fingerprint density at radius 3 is 2.05 bits per heavy atom. The molecule has 1 nitrogen and oxygen atoms in total. The smallest absolute Gasteiger partial charge is 0.0760 e. The molecule has 1 aliphatic heterocycles. The Balaban J connectivity index is 1.59. The maximum absolute atomic E-state index is 6.29. The predicted molar refractivity (Wildman–Crippen MR) is 80.2 cm³/mol.